The molecule has 4 heterocycles. The minimum atomic E-state index is 0. The third-order valence-corrected chi connectivity index (χ3v) is 12.6. The van der Waals surface area contributed by atoms with Crippen molar-refractivity contribution in [3.63, 3.8) is 0 Å². The zero-order valence-corrected chi connectivity index (χ0v) is 44.6. The maximum Gasteiger partial charge on any atom is 3.00 e. The van der Waals surface area contributed by atoms with Crippen LogP contribution in [-0.4, -0.2) is 24.9 Å². The molecule has 0 spiro atoms. The van der Waals surface area contributed by atoms with Crippen LogP contribution < -0.4 is 4.74 Å². The Kier molecular flexibility index (Phi) is 15.4. The van der Waals surface area contributed by atoms with E-state index in [1.54, 1.807) is 24.7 Å². The first kappa shape index (κ1) is 50.0. The number of ether oxygens (including phenoxy) is 1. The first-order chi connectivity index (χ1) is 36.2. The Bertz CT molecular complexity index is 3720. The van der Waals surface area contributed by atoms with Crippen molar-refractivity contribution in [3.05, 3.63) is 274 Å². The molecule has 0 bridgehead atoms. The molecule has 0 aliphatic rings. The van der Waals surface area contributed by atoms with E-state index in [9.17, 15) is 0 Å². The average molecular weight is 1320 g/mol. The maximum absolute atomic E-state index is 6.84. The van der Waals surface area contributed by atoms with E-state index in [0.29, 0.717) is 22.9 Å². The van der Waals surface area contributed by atoms with Gasteiger partial charge in [-0.05, 0) is 105 Å². The Morgan fingerprint density at radius 2 is 0.760 bits per heavy atom. The molecule has 8 heteroatoms. The SMILES string of the molecule is [Ir+3].[Pt+2].[c-]1cc(-c2ccccc2-c2cc(-c3ccccc3-c3c[c-]c(-c4ccccn4)cc3)cc(-c3ccccc3-c3c[c-]c(-c4ccccn4)cc3)c2)c(Oc2[c-]c(-c3ccccn3)ccc2)[c-]c1-c1ncccn1. The molecule has 0 unspecified atom stereocenters. The second-order valence-electron chi connectivity index (χ2n) is 17.2. The average Bonchev–Trinajstić information content (AvgIpc) is 3.48. The summed E-state index contributed by atoms with van der Waals surface area (Å²) in [6, 6.07) is 89.7. The molecule has 4 aromatic heterocycles. The molecule has 8 aromatic carbocycles. The van der Waals surface area contributed by atoms with Crippen LogP contribution in [0.2, 0.25) is 0 Å². The van der Waals surface area contributed by atoms with Crippen molar-refractivity contribution < 1.29 is 45.9 Å². The molecular formula is C67H40IrN5OPt. The maximum atomic E-state index is 6.84. The summed E-state index contributed by atoms with van der Waals surface area (Å²) < 4.78 is 6.84. The van der Waals surface area contributed by atoms with Gasteiger partial charge in [-0.1, -0.05) is 143 Å². The number of aromatic nitrogens is 5. The summed E-state index contributed by atoms with van der Waals surface area (Å²) in [5, 5.41) is 0. The fourth-order valence-corrected chi connectivity index (χ4v) is 9.13. The number of benzene rings is 8. The van der Waals surface area contributed by atoms with E-state index in [1.807, 2.05) is 91.3 Å². The summed E-state index contributed by atoms with van der Waals surface area (Å²) in [6.07, 6.45) is 8.82. The fourth-order valence-electron chi connectivity index (χ4n) is 9.13. The zero-order chi connectivity index (χ0) is 48.8. The number of hydrogen-bond donors (Lipinski definition) is 0. The number of hydrogen-bond acceptors (Lipinski definition) is 6. The summed E-state index contributed by atoms with van der Waals surface area (Å²) in [6.45, 7) is 0. The predicted octanol–water partition coefficient (Wildman–Crippen LogP) is 16.1. The summed E-state index contributed by atoms with van der Waals surface area (Å²) in [7, 11) is 0. The van der Waals surface area contributed by atoms with Gasteiger partial charge in [0.25, 0.3) is 0 Å². The second-order valence-corrected chi connectivity index (χ2v) is 17.2. The molecule has 0 atom stereocenters. The first-order valence-electron chi connectivity index (χ1n) is 23.9. The van der Waals surface area contributed by atoms with Crippen molar-refractivity contribution in [2.45, 2.75) is 0 Å². The summed E-state index contributed by atoms with van der Waals surface area (Å²) in [5.74, 6) is 1.48. The van der Waals surface area contributed by atoms with Crippen LogP contribution in [0.3, 0.4) is 0 Å². The fraction of sp³-hybridized carbons (Fsp3) is 0. The van der Waals surface area contributed by atoms with E-state index < -0.39 is 0 Å². The monoisotopic (exact) mass is 1320 g/mol. The van der Waals surface area contributed by atoms with Gasteiger partial charge in [0.1, 0.15) is 0 Å². The molecule has 6 nitrogen and oxygen atoms in total. The molecule has 0 saturated heterocycles. The van der Waals surface area contributed by atoms with E-state index in [0.717, 1.165) is 101 Å². The topological polar surface area (TPSA) is 73.7 Å². The van der Waals surface area contributed by atoms with Crippen LogP contribution in [0.4, 0.5) is 0 Å². The van der Waals surface area contributed by atoms with Crippen LogP contribution in [0.1, 0.15) is 0 Å². The van der Waals surface area contributed by atoms with E-state index in [2.05, 4.69) is 183 Å². The summed E-state index contributed by atoms with van der Waals surface area (Å²) >= 11 is 0. The van der Waals surface area contributed by atoms with Crippen molar-refractivity contribution in [2.24, 2.45) is 0 Å². The molecule has 12 rings (SSSR count). The van der Waals surface area contributed by atoms with Crippen molar-refractivity contribution in [1.82, 2.24) is 24.9 Å². The van der Waals surface area contributed by atoms with Gasteiger partial charge in [0.05, 0.1) is 0 Å². The van der Waals surface area contributed by atoms with Crippen molar-refractivity contribution in [1.29, 1.82) is 0 Å². The zero-order valence-electron chi connectivity index (χ0n) is 39.9. The Balaban J connectivity index is 0.00000321. The normalized spacial score (nSPS) is 10.7. The molecular weight excluding hydrogens is 1280 g/mol. The smallest absolute Gasteiger partial charge is 0.515 e. The largest absolute Gasteiger partial charge is 3.00 e. The van der Waals surface area contributed by atoms with Crippen LogP contribution in [0, 0.1) is 30.3 Å². The van der Waals surface area contributed by atoms with Gasteiger partial charge in [0, 0.05) is 36.7 Å². The van der Waals surface area contributed by atoms with Crippen LogP contribution >= 0.6 is 0 Å². The van der Waals surface area contributed by atoms with Gasteiger partial charge >= 0.3 is 41.2 Å². The third kappa shape index (κ3) is 10.9. The van der Waals surface area contributed by atoms with Crippen molar-refractivity contribution in [2.75, 3.05) is 0 Å². The van der Waals surface area contributed by atoms with E-state index in [1.165, 1.54) is 0 Å². The van der Waals surface area contributed by atoms with E-state index in [-0.39, 0.29) is 41.2 Å². The number of rotatable bonds is 12. The minimum Gasteiger partial charge on any atom is -0.515 e. The van der Waals surface area contributed by atoms with Crippen molar-refractivity contribution >= 4 is 0 Å². The molecule has 0 amide bonds. The van der Waals surface area contributed by atoms with Crippen LogP contribution in [0.5, 0.6) is 11.5 Å². The molecule has 0 aliphatic carbocycles. The minimum absolute atomic E-state index is 0. The molecule has 0 saturated carbocycles. The third-order valence-electron chi connectivity index (χ3n) is 12.6. The Labute approximate surface area is 464 Å². The second kappa shape index (κ2) is 23.1. The molecule has 0 radical (unpaired) electrons. The first-order valence-corrected chi connectivity index (χ1v) is 23.9. The van der Waals surface area contributed by atoms with Gasteiger partial charge in [-0.3, -0.25) is 6.07 Å². The predicted molar refractivity (Wildman–Crippen MR) is 290 cm³/mol. The molecule has 0 aliphatic heterocycles. The summed E-state index contributed by atoms with van der Waals surface area (Å²) in [4.78, 5) is 22.8. The Morgan fingerprint density at radius 3 is 1.23 bits per heavy atom. The van der Waals surface area contributed by atoms with Gasteiger partial charge in [-0.15, -0.1) is 89.0 Å². The standard InChI is InChI=1S/C67H40N5O.Ir.Pt/c1-3-19-58(56(17-1)46-26-30-48(31-27-46)63-23-7-10-36-68-63)52-41-53(59-20-4-2-18-57(59)47-28-32-49(33-29-47)64-24-8-11-37-69-64)43-54(42-52)60-21-5-6-22-61(60)62-35-34-51(67-71-39-14-40-72-67)45-66(62)73-55-16-13-15-50(44-55)65-25-9-12-38-70-65;;/h1-30,32,35-43H;;/q-5;+3;+2. The van der Waals surface area contributed by atoms with E-state index >= 15 is 0 Å². The van der Waals surface area contributed by atoms with Gasteiger partial charge < -0.3 is 29.7 Å². The van der Waals surface area contributed by atoms with E-state index in [4.69, 9.17) is 4.74 Å². The van der Waals surface area contributed by atoms with Gasteiger partial charge in [0.2, 0.25) is 0 Å². The van der Waals surface area contributed by atoms with Crippen LogP contribution in [0.15, 0.2) is 243 Å². The number of nitrogens with zero attached hydrogens (tertiary/aromatic N) is 5. The number of pyridine rings is 3. The van der Waals surface area contributed by atoms with Gasteiger partial charge in [-0.25, -0.2) is 17.7 Å². The molecule has 358 valence electrons. The van der Waals surface area contributed by atoms with Gasteiger partial charge in [-0.2, -0.15) is 0 Å². The molecule has 75 heavy (non-hydrogen) atoms. The van der Waals surface area contributed by atoms with Gasteiger partial charge in [0.15, 0.2) is 0 Å². The molecule has 0 N–H and O–H groups in total. The Hall–Kier alpha value is -8.57. The summed E-state index contributed by atoms with van der Waals surface area (Å²) in [5.41, 5.74) is 18.0. The molecule has 12 aromatic rings. The Morgan fingerprint density at radius 1 is 0.320 bits per heavy atom. The van der Waals surface area contributed by atoms with Crippen LogP contribution in [-0.2, 0) is 41.2 Å². The van der Waals surface area contributed by atoms with Crippen LogP contribution in [0.25, 0.3) is 112 Å². The quantitative estimate of drug-likeness (QED) is 0.114. The molecule has 0 fully saturated rings. The van der Waals surface area contributed by atoms with Crippen molar-refractivity contribution in [3.8, 4) is 123 Å².